The van der Waals surface area contributed by atoms with Gasteiger partial charge in [-0.2, -0.15) is 0 Å². The molecule has 178 valence electrons. The molecule has 0 aromatic heterocycles. The number of unbranched alkanes of at least 4 members (excludes halogenated alkanes) is 12. The van der Waals surface area contributed by atoms with Gasteiger partial charge in [0.2, 0.25) is 0 Å². The number of esters is 1. The van der Waals surface area contributed by atoms with Gasteiger partial charge in [0.15, 0.2) is 0 Å². The van der Waals surface area contributed by atoms with E-state index < -0.39 is 0 Å². The molecule has 0 radical (unpaired) electrons. The average Bonchev–Trinajstić information content (AvgIpc) is 2.75. The standard InChI is InChI=1S/C25H49NO4/c1-2-3-4-5-8-11-16-24-30-25(29)18-12-14-20-26(21-17-23-28)19-13-9-6-7-10-15-22-27/h22,28H,2-21,23-24H2,1H3. The number of aliphatic hydroxyl groups is 1. The number of carbonyl (C=O) groups excluding carboxylic acids is 2. The molecule has 0 aromatic rings. The first-order valence-corrected chi connectivity index (χ1v) is 12.7. The number of ether oxygens (including phenoxy) is 1. The first kappa shape index (κ1) is 29.1. The van der Waals surface area contributed by atoms with E-state index in [1.165, 1.54) is 44.9 Å². The van der Waals surface area contributed by atoms with Crippen molar-refractivity contribution in [2.24, 2.45) is 0 Å². The van der Waals surface area contributed by atoms with Gasteiger partial charge in [-0.05, 0) is 51.6 Å². The number of nitrogens with zero attached hydrogens (tertiary/aromatic N) is 1. The first-order valence-electron chi connectivity index (χ1n) is 12.7. The number of aliphatic hydroxyl groups excluding tert-OH is 1. The third-order valence-corrected chi connectivity index (χ3v) is 5.54. The summed E-state index contributed by atoms with van der Waals surface area (Å²) in [5.41, 5.74) is 0. The highest BCUT2D eigenvalue weighted by Gasteiger charge is 2.07. The average molecular weight is 428 g/mol. The fourth-order valence-corrected chi connectivity index (χ4v) is 3.65. The molecule has 1 N–H and O–H groups in total. The summed E-state index contributed by atoms with van der Waals surface area (Å²) in [6, 6.07) is 0. The minimum atomic E-state index is -0.0572. The van der Waals surface area contributed by atoms with Crippen LogP contribution in [0.1, 0.15) is 116 Å². The number of rotatable bonds is 24. The molecule has 30 heavy (non-hydrogen) atoms. The Hall–Kier alpha value is -0.940. The maximum Gasteiger partial charge on any atom is 0.305 e. The molecular formula is C25H49NO4. The molecule has 0 saturated heterocycles. The highest BCUT2D eigenvalue weighted by Crippen LogP contribution is 2.09. The fraction of sp³-hybridized carbons (Fsp3) is 0.920. The molecule has 0 unspecified atom stereocenters. The highest BCUT2D eigenvalue weighted by molar-refractivity contribution is 5.69. The van der Waals surface area contributed by atoms with E-state index in [0.717, 1.165) is 77.3 Å². The number of carbonyl (C=O) groups is 2. The molecule has 0 saturated carbocycles. The third kappa shape index (κ3) is 21.8. The molecule has 0 atom stereocenters. The van der Waals surface area contributed by atoms with Gasteiger partial charge in [0.25, 0.3) is 0 Å². The van der Waals surface area contributed by atoms with Crippen molar-refractivity contribution in [2.45, 2.75) is 116 Å². The normalized spacial score (nSPS) is 11.2. The van der Waals surface area contributed by atoms with Crippen LogP contribution in [0.4, 0.5) is 0 Å². The van der Waals surface area contributed by atoms with Crippen molar-refractivity contribution in [2.75, 3.05) is 32.8 Å². The molecule has 0 spiro atoms. The lowest BCUT2D eigenvalue weighted by Gasteiger charge is -2.21. The predicted octanol–water partition coefficient (Wildman–Crippen LogP) is 5.67. The van der Waals surface area contributed by atoms with Crippen LogP contribution in [-0.4, -0.2) is 55.1 Å². The molecule has 0 fully saturated rings. The Balaban J connectivity index is 3.65. The van der Waals surface area contributed by atoms with Gasteiger partial charge in [0.05, 0.1) is 6.61 Å². The minimum Gasteiger partial charge on any atom is -0.466 e. The predicted molar refractivity (Wildman–Crippen MR) is 125 cm³/mol. The van der Waals surface area contributed by atoms with Gasteiger partial charge in [-0.15, -0.1) is 0 Å². The maximum atomic E-state index is 11.9. The summed E-state index contributed by atoms with van der Waals surface area (Å²) in [6.45, 7) is 5.99. The molecule has 0 rings (SSSR count). The summed E-state index contributed by atoms with van der Waals surface area (Å²) in [5, 5.41) is 9.11. The Morgan fingerprint density at radius 2 is 1.33 bits per heavy atom. The lowest BCUT2D eigenvalue weighted by atomic mass is 10.1. The van der Waals surface area contributed by atoms with Gasteiger partial charge < -0.3 is 19.5 Å². The second-order valence-electron chi connectivity index (χ2n) is 8.44. The second-order valence-corrected chi connectivity index (χ2v) is 8.44. The van der Waals surface area contributed by atoms with Crippen LogP contribution >= 0.6 is 0 Å². The van der Waals surface area contributed by atoms with Crippen LogP contribution in [0.2, 0.25) is 0 Å². The van der Waals surface area contributed by atoms with Gasteiger partial charge in [-0.3, -0.25) is 4.79 Å². The Morgan fingerprint density at radius 3 is 2.00 bits per heavy atom. The molecule has 0 aliphatic heterocycles. The summed E-state index contributed by atoms with van der Waals surface area (Å²) in [5.74, 6) is -0.0572. The molecule has 0 amide bonds. The zero-order valence-electron chi connectivity index (χ0n) is 19.8. The summed E-state index contributed by atoms with van der Waals surface area (Å²) in [7, 11) is 0. The number of aldehydes is 1. The van der Waals surface area contributed by atoms with E-state index in [1.54, 1.807) is 0 Å². The molecule has 0 bridgehead atoms. The maximum absolute atomic E-state index is 11.9. The van der Waals surface area contributed by atoms with E-state index in [1.807, 2.05) is 0 Å². The molecular weight excluding hydrogens is 378 g/mol. The third-order valence-electron chi connectivity index (χ3n) is 5.54. The lowest BCUT2D eigenvalue weighted by Crippen LogP contribution is -2.28. The first-order chi connectivity index (χ1) is 14.7. The van der Waals surface area contributed by atoms with Crippen LogP contribution in [0.3, 0.4) is 0 Å². The Kier molecular flexibility index (Phi) is 23.6. The molecule has 0 aliphatic rings. The van der Waals surface area contributed by atoms with E-state index in [4.69, 9.17) is 9.84 Å². The molecule has 0 aromatic carbocycles. The van der Waals surface area contributed by atoms with Gasteiger partial charge in [-0.25, -0.2) is 0 Å². The van der Waals surface area contributed by atoms with Crippen molar-refractivity contribution in [1.82, 2.24) is 4.90 Å². The van der Waals surface area contributed by atoms with Crippen molar-refractivity contribution < 1.29 is 19.4 Å². The van der Waals surface area contributed by atoms with E-state index in [0.29, 0.717) is 19.4 Å². The fourth-order valence-electron chi connectivity index (χ4n) is 3.65. The summed E-state index contributed by atoms with van der Waals surface area (Å²) >= 11 is 0. The topological polar surface area (TPSA) is 66.8 Å². The molecule has 0 heterocycles. The lowest BCUT2D eigenvalue weighted by molar-refractivity contribution is -0.143. The van der Waals surface area contributed by atoms with Crippen molar-refractivity contribution in [1.29, 1.82) is 0 Å². The summed E-state index contributed by atoms with van der Waals surface area (Å²) in [6.07, 6.45) is 19.2. The van der Waals surface area contributed by atoms with Crippen LogP contribution in [0.5, 0.6) is 0 Å². The minimum absolute atomic E-state index is 0.0572. The Bertz CT molecular complexity index is 376. The zero-order valence-corrected chi connectivity index (χ0v) is 19.8. The molecule has 5 heteroatoms. The summed E-state index contributed by atoms with van der Waals surface area (Å²) in [4.78, 5) is 24.6. The highest BCUT2D eigenvalue weighted by atomic mass is 16.5. The Morgan fingerprint density at radius 1 is 0.767 bits per heavy atom. The van der Waals surface area contributed by atoms with Crippen LogP contribution in [0.25, 0.3) is 0 Å². The zero-order chi connectivity index (χ0) is 22.1. The van der Waals surface area contributed by atoms with Crippen molar-refractivity contribution in [3.63, 3.8) is 0 Å². The van der Waals surface area contributed by atoms with Gasteiger partial charge >= 0.3 is 5.97 Å². The molecule has 5 nitrogen and oxygen atoms in total. The number of hydrogen-bond acceptors (Lipinski definition) is 5. The smallest absolute Gasteiger partial charge is 0.305 e. The number of hydrogen-bond donors (Lipinski definition) is 1. The van der Waals surface area contributed by atoms with E-state index in [2.05, 4.69) is 11.8 Å². The van der Waals surface area contributed by atoms with Crippen LogP contribution in [-0.2, 0) is 14.3 Å². The van der Waals surface area contributed by atoms with Gasteiger partial charge in [0, 0.05) is 26.0 Å². The molecule has 0 aliphatic carbocycles. The van der Waals surface area contributed by atoms with E-state index >= 15 is 0 Å². The second kappa shape index (κ2) is 24.3. The van der Waals surface area contributed by atoms with E-state index in [-0.39, 0.29) is 12.6 Å². The van der Waals surface area contributed by atoms with Gasteiger partial charge in [0.1, 0.15) is 6.29 Å². The Labute approximate surface area is 185 Å². The quantitative estimate of drug-likeness (QED) is 0.122. The van der Waals surface area contributed by atoms with E-state index in [9.17, 15) is 9.59 Å². The van der Waals surface area contributed by atoms with Crippen LogP contribution in [0, 0.1) is 0 Å². The van der Waals surface area contributed by atoms with Crippen LogP contribution < -0.4 is 0 Å². The SMILES string of the molecule is CCCCCCCCCOC(=O)CCCCN(CCCO)CCCCCCCC=O. The van der Waals surface area contributed by atoms with Crippen molar-refractivity contribution >= 4 is 12.3 Å². The monoisotopic (exact) mass is 427 g/mol. The summed E-state index contributed by atoms with van der Waals surface area (Å²) < 4.78 is 5.35. The van der Waals surface area contributed by atoms with Crippen molar-refractivity contribution in [3.8, 4) is 0 Å². The van der Waals surface area contributed by atoms with Gasteiger partial charge in [-0.1, -0.05) is 64.7 Å². The largest absolute Gasteiger partial charge is 0.466 e. The van der Waals surface area contributed by atoms with Crippen LogP contribution in [0.15, 0.2) is 0 Å². The van der Waals surface area contributed by atoms with Crippen molar-refractivity contribution in [3.05, 3.63) is 0 Å².